The lowest BCUT2D eigenvalue weighted by Crippen LogP contribution is -2.42. The lowest BCUT2D eigenvalue weighted by Gasteiger charge is -2.19. The zero-order valence-electron chi connectivity index (χ0n) is 11.9. The van der Waals surface area contributed by atoms with Crippen molar-refractivity contribution in [2.24, 2.45) is 0 Å². The molecule has 0 radical (unpaired) electrons. The smallest absolute Gasteiger partial charge is 0.326 e. The van der Waals surface area contributed by atoms with E-state index in [2.05, 4.69) is 5.32 Å². The molecule has 0 rings (SSSR count). The molecule has 0 aliphatic heterocycles. The van der Waals surface area contributed by atoms with Gasteiger partial charge in [0.05, 0.1) is 10.5 Å². The first-order valence-electron chi connectivity index (χ1n) is 6.25. The molecule has 6 nitrogen and oxygen atoms in total. The summed E-state index contributed by atoms with van der Waals surface area (Å²) in [7, 11) is -3.37. The molecule has 2 N–H and O–H groups in total. The van der Waals surface area contributed by atoms with Crippen LogP contribution in [0.5, 0.6) is 0 Å². The topological polar surface area (TPSA) is 101 Å². The summed E-state index contributed by atoms with van der Waals surface area (Å²) in [5, 5.41) is 11.2. The maximum absolute atomic E-state index is 11.8. The van der Waals surface area contributed by atoms with Crippen LogP contribution in [0.25, 0.3) is 0 Å². The van der Waals surface area contributed by atoms with Gasteiger partial charge in [0.1, 0.15) is 6.04 Å². The molecular weight excluding hydrogens is 270 g/mol. The van der Waals surface area contributed by atoms with Crippen LogP contribution < -0.4 is 5.32 Å². The normalized spacial score (nSPS) is 13.9. The SMILES string of the molecule is CCC[C@H](NC(=O)CCS(=O)(=O)C(C)(C)C)C(=O)O. The molecular formula is C12H23NO5S. The van der Waals surface area contributed by atoms with E-state index in [1.165, 1.54) is 0 Å². The van der Waals surface area contributed by atoms with Crippen LogP contribution in [-0.4, -0.2) is 41.9 Å². The number of amides is 1. The summed E-state index contributed by atoms with van der Waals surface area (Å²) in [6.07, 6.45) is 0.734. The Balaban J connectivity index is 4.45. The van der Waals surface area contributed by atoms with Crippen molar-refractivity contribution < 1.29 is 23.1 Å². The number of carbonyl (C=O) groups is 2. The fourth-order valence-corrected chi connectivity index (χ4v) is 2.41. The Morgan fingerprint density at radius 3 is 2.16 bits per heavy atom. The van der Waals surface area contributed by atoms with E-state index in [0.717, 1.165) is 0 Å². The molecule has 0 bridgehead atoms. The van der Waals surface area contributed by atoms with Gasteiger partial charge in [-0.25, -0.2) is 13.2 Å². The highest BCUT2D eigenvalue weighted by Crippen LogP contribution is 2.16. The lowest BCUT2D eigenvalue weighted by atomic mass is 10.1. The molecule has 0 aromatic heterocycles. The van der Waals surface area contributed by atoms with Gasteiger partial charge in [-0.15, -0.1) is 0 Å². The van der Waals surface area contributed by atoms with Crippen molar-refractivity contribution in [3.05, 3.63) is 0 Å². The van der Waals surface area contributed by atoms with Crippen molar-refractivity contribution in [3.8, 4) is 0 Å². The zero-order valence-corrected chi connectivity index (χ0v) is 12.7. The number of hydrogen-bond donors (Lipinski definition) is 2. The number of carboxylic acid groups (broad SMARTS) is 1. The molecule has 7 heteroatoms. The molecule has 0 unspecified atom stereocenters. The highest BCUT2D eigenvalue weighted by molar-refractivity contribution is 7.92. The summed E-state index contributed by atoms with van der Waals surface area (Å²) in [4.78, 5) is 22.4. The van der Waals surface area contributed by atoms with Crippen LogP contribution in [0.2, 0.25) is 0 Å². The zero-order chi connectivity index (χ0) is 15.3. The molecule has 0 aliphatic rings. The number of carbonyl (C=O) groups excluding carboxylic acids is 1. The molecule has 0 spiro atoms. The first kappa shape index (κ1) is 17.9. The third kappa shape index (κ3) is 6.04. The van der Waals surface area contributed by atoms with E-state index in [9.17, 15) is 18.0 Å². The first-order chi connectivity index (χ1) is 8.51. The Morgan fingerprint density at radius 1 is 1.26 bits per heavy atom. The maximum atomic E-state index is 11.8. The van der Waals surface area contributed by atoms with Crippen molar-refractivity contribution in [2.75, 3.05) is 5.75 Å². The van der Waals surface area contributed by atoms with E-state index >= 15 is 0 Å². The van der Waals surface area contributed by atoms with Crippen molar-refractivity contribution in [2.45, 2.75) is 57.7 Å². The summed E-state index contributed by atoms with van der Waals surface area (Å²) in [5.41, 5.74) is 0. The molecule has 0 heterocycles. The molecule has 1 atom stereocenters. The van der Waals surface area contributed by atoms with E-state index < -0.39 is 32.5 Å². The maximum Gasteiger partial charge on any atom is 0.326 e. The van der Waals surface area contributed by atoms with E-state index in [0.29, 0.717) is 12.8 Å². The van der Waals surface area contributed by atoms with Crippen LogP contribution in [0.3, 0.4) is 0 Å². The van der Waals surface area contributed by atoms with Gasteiger partial charge in [0.15, 0.2) is 9.84 Å². The number of aliphatic carboxylic acids is 1. The second-order valence-corrected chi connectivity index (χ2v) is 8.29. The molecule has 1 amide bonds. The molecule has 0 fully saturated rings. The van der Waals surface area contributed by atoms with Gasteiger partial charge in [0, 0.05) is 6.42 Å². The monoisotopic (exact) mass is 293 g/mol. The lowest BCUT2D eigenvalue weighted by molar-refractivity contribution is -0.142. The molecule has 0 aromatic carbocycles. The minimum absolute atomic E-state index is 0.215. The summed E-state index contributed by atoms with van der Waals surface area (Å²) < 4.78 is 22.7. The summed E-state index contributed by atoms with van der Waals surface area (Å²) in [5.74, 6) is -1.93. The standard InChI is InChI=1S/C12H23NO5S/c1-5-6-9(11(15)16)13-10(14)7-8-19(17,18)12(2,3)4/h9H,5-8H2,1-4H3,(H,13,14)(H,15,16)/t9-/m0/s1. The average molecular weight is 293 g/mol. The summed E-state index contributed by atoms with van der Waals surface area (Å²) in [6, 6.07) is -0.949. The van der Waals surface area contributed by atoms with Crippen molar-refractivity contribution in [1.29, 1.82) is 0 Å². The Morgan fingerprint density at radius 2 is 1.79 bits per heavy atom. The third-order valence-electron chi connectivity index (χ3n) is 2.74. The Hall–Kier alpha value is -1.11. The van der Waals surface area contributed by atoms with Crippen molar-refractivity contribution in [1.82, 2.24) is 5.32 Å². The molecule has 0 saturated heterocycles. The van der Waals surface area contributed by atoms with Crippen LogP contribution in [0.15, 0.2) is 0 Å². The molecule has 0 aromatic rings. The number of hydrogen-bond acceptors (Lipinski definition) is 4. The quantitative estimate of drug-likeness (QED) is 0.728. The van der Waals surface area contributed by atoms with Crippen LogP contribution in [0, 0.1) is 0 Å². The van der Waals surface area contributed by atoms with Gasteiger partial charge in [0.2, 0.25) is 5.91 Å². The predicted octanol–water partition coefficient (Wildman–Crippen LogP) is 0.959. The fraction of sp³-hybridized carbons (Fsp3) is 0.833. The van der Waals surface area contributed by atoms with Gasteiger partial charge in [-0.2, -0.15) is 0 Å². The highest BCUT2D eigenvalue weighted by Gasteiger charge is 2.29. The minimum Gasteiger partial charge on any atom is -0.480 e. The van der Waals surface area contributed by atoms with Gasteiger partial charge >= 0.3 is 5.97 Å². The Kier molecular flexibility index (Phi) is 6.48. The largest absolute Gasteiger partial charge is 0.480 e. The number of nitrogens with one attached hydrogen (secondary N) is 1. The van der Waals surface area contributed by atoms with Gasteiger partial charge in [-0.3, -0.25) is 4.79 Å². The second kappa shape index (κ2) is 6.88. The van der Waals surface area contributed by atoms with Crippen LogP contribution in [-0.2, 0) is 19.4 Å². The first-order valence-corrected chi connectivity index (χ1v) is 7.91. The fourth-order valence-electron chi connectivity index (χ4n) is 1.35. The van der Waals surface area contributed by atoms with E-state index in [4.69, 9.17) is 5.11 Å². The minimum atomic E-state index is -3.37. The van der Waals surface area contributed by atoms with Gasteiger partial charge in [-0.1, -0.05) is 13.3 Å². The van der Waals surface area contributed by atoms with Crippen molar-refractivity contribution >= 4 is 21.7 Å². The average Bonchev–Trinajstić information content (AvgIpc) is 2.24. The van der Waals surface area contributed by atoms with E-state index in [1.54, 1.807) is 20.8 Å². The molecule has 0 aliphatic carbocycles. The van der Waals surface area contributed by atoms with Gasteiger partial charge in [-0.05, 0) is 27.2 Å². The molecule has 112 valence electrons. The number of rotatable bonds is 7. The second-order valence-electron chi connectivity index (χ2n) is 5.43. The van der Waals surface area contributed by atoms with Gasteiger partial charge in [0.25, 0.3) is 0 Å². The Labute approximate surface area is 114 Å². The Bertz CT molecular complexity index is 422. The molecule has 19 heavy (non-hydrogen) atoms. The van der Waals surface area contributed by atoms with Gasteiger partial charge < -0.3 is 10.4 Å². The summed E-state index contributed by atoms with van der Waals surface area (Å²) in [6.45, 7) is 6.51. The van der Waals surface area contributed by atoms with Crippen LogP contribution in [0.4, 0.5) is 0 Å². The highest BCUT2D eigenvalue weighted by atomic mass is 32.2. The van der Waals surface area contributed by atoms with Crippen molar-refractivity contribution in [3.63, 3.8) is 0 Å². The number of sulfone groups is 1. The van der Waals surface area contributed by atoms with E-state index in [1.807, 2.05) is 6.92 Å². The van der Waals surface area contributed by atoms with Crippen LogP contribution >= 0.6 is 0 Å². The number of carboxylic acids is 1. The predicted molar refractivity (Wildman–Crippen MR) is 72.6 cm³/mol. The van der Waals surface area contributed by atoms with E-state index in [-0.39, 0.29) is 12.2 Å². The third-order valence-corrected chi connectivity index (χ3v) is 5.35. The molecule has 0 saturated carbocycles. The van der Waals surface area contributed by atoms with Crippen LogP contribution in [0.1, 0.15) is 47.0 Å². The summed E-state index contributed by atoms with van der Waals surface area (Å²) >= 11 is 0.